The van der Waals surface area contributed by atoms with Gasteiger partial charge in [-0.05, 0) is 5.56 Å². The Morgan fingerprint density at radius 3 is 2.21 bits per heavy atom. The zero-order valence-corrected chi connectivity index (χ0v) is 7.68. The molecule has 1 nitrogen and oxygen atoms in total. The van der Waals surface area contributed by atoms with E-state index in [0.717, 1.165) is 0 Å². The van der Waals surface area contributed by atoms with Gasteiger partial charge in [-0.2, -0.15) is 8.78 Å². The molecular formula is C10H5ClF2O. The summed E-state index contributed by atoms with van der Waals surface area (Å²) < 4.78 is 26.1. The molecular weight excluding hydrogens is 210 g/mol. The van der Waals surface area contributed by atoms with E-state index >= 15 is 0 Å². The molecule has 0 aromatic heterocycles. The molecule has 0 radical (unpaired) electrons. The minimum absolute atomic E-state index is 0.294. The number of hydrogen-bond donors (Lipinski definition) is 0. The standard InChI is InChI=1S/C10H5ClF2O/c11-8-7(10(12,13)9(8)14)6-4-2-1-3-5-6/h1-5H. The molecule has 0 unspecified atom stereocenters. The Bertz CT molecular complexity index is 423. The van der Waals surface area contributed by atoms with Crippen LogP contribution in [0.15, 0.2) is 35.4 Å². The number of benzene rings is 1. The topological polar surface area (TPSA) is 17.1 Å². The van der Waals surface area contributed by atoms with Crippen LogP contribution in [-0.2, 0) is 4.79 Å². The zero-order valence-electron chi connectivity index (χ0n) is 6.93. The summed E-state index contributed by atoms with van der Waals surface area (Å²) in [7, 11) is 0. The van der Waals surface area contributed by atoms with Crippen LogP contribution < -0.4 is 0 Å². The van der Waals surface area contributed by atoms with E-state index in [0.29, 0.717) is 5.56 Å². The minimum atomic E-state index is -3.42. The van der Waals surface area contributed by atoms with E-state index in [1.807, 2.05) is 0 Å². The summed E-state index contributed by atoms with van der Waals surface area (Å²) in [6, 6.07) is 7.93. The third-order valence-corrected chi connectivity index (χ3v) is 2.44. The SMILES string of the molecule is O=C1C(Cl)=C(c2ccccc2)C1(F)F. The van der Waals surface area contributed by atoms with Gasteiger partial charge in [0.15, 0.2) is 0 Å². The molecule has 0 atom stereocenters. The molecule has 0 fully saturated rings. The highest BCUT2D eigenvalue weighted by Gasteiger charge is 2.55. The fraction of sp³-hybridized carbons (Fsp3) is 0.100. The van der Waals surface area contributed by atoms with Crippen LogP contribution in [0.1, 0.15) is 5.56 Å². The number of rotatable bonds is 1. The first kappa shape index (κ1) is 9.34. The van der Waals surface area contributed by atoms with Crippen molar-refractivity contribution in [2.75, 3.05) is 0 Å². The normalized spacial score (nSPS) is 19.5. The maximum Gasteiger partial charge on any atom is 0.338 e. The lowest BCUT2D eigenvalue weighted by atomic mass is 9.86. The smallest absolute Gasteiger partial charge is 0.286 e. The van der Waals surface area contributed by atoms with Crippen molar-refractivity contribution in [2.45, 2.75) is 5.92 Å². The fourth-order valence-corrected chi connectivity index (χ4v) is 1.70. The molecule has 72 valence electrons. The van der Waals surface area contributed by atoms with Gasteiger partial charge >= 0.3 is 5.92 Å². The number of alkyl halides is 2. The summed E-state index contributed by atoms with van der Waals surface area (Å²) in [4.78, 5) is 10.7. The molecule has 0 heterocycles. The van der Waals surface area contributed by atoms with Crippen LogP contribution in [0.4, 0.5) is 8.78 Å². The van der Waals surface area contributed by atoms with Crippen LogP contribution in [0.2, 0.25) is 0 Å². The van der Waals surface area contributed by atoms with Crippen LogP contribution in [-0.4, -0.2) is 11.7 Å². The summed E-state index contributed by atoms with van der Waals surface area (Å²) in [5.41, 5.74) is -0.0770. The van der Waals surface area contributed by atoms with Crippen molar-refractivity contribution >= 4 is 23.0 Å². The highest BCUT2D eigenvalue weighted by atomic mass is 35.5. The van der Waals surface area contributed by atoms with E-state index in [1.54, 1.807) is 18.2 Å². The van der Waals surface area contributed by atoms with Gasteiger partial charge in [-0.3, -0.25) is 4.79 Å². The lowest BCUT2D eigenvalue weighted by Gasteiger charge is -2.28. The quantitative estimate of drug-likeness (QED) is 0.703. The van der Waals surface area contributed by atoms with Gasteiger partial charge in [0.1, 0.15) is 5.03 Å². The first-order chi connectivity index (χ1) is 6.55. The van der Waals surface area contributed by atoms with Crippen molar-refractivity contribution in [3.8, 4) is 0 Å². The third-order valence-electron chi connectivity index (χ3n) is 2.08. The number of carbonyl (C=O) groups is 1. The molecule has 1 aliphatic rings. The molecule has 0 N–H and O–H groups in total. The van der Waals surface area contributed by atoms with Crippen molar-refractivity contribution < 1.29 is 13.6 Å². The largest absolute Gasteiger partial charge is 0.338 e. The van der Waals surface area contributed by atoms with Gasteiger partial charge in [-0.15, -0.1) is 0 Å². The lowest BCUT2D eigenvalue weighted by molar-refractivity contribution is -0.134. The average Bonchev–Trinajstić information content (AvgIpc) is 2.18. The van der Waals surface area contributed by atoms with Gasteiger partial charge in [0, 0.05) is 0 Å². The van der Waals surface area contributed by atoms with E-state index in [9.17, 15) is 13.6 Å². The summed E-state index contributed by atoms with van der Waals surface area (Å²) in [5, 5.41) is -0.360. The van der Waals surface area contributed by atoms with E-state index in [-0.39, 0.29) is 10.6 Å². The second-order valence-corrected chi connectivity index (χ2v) is 3.34. The molecule has 4 heteroatoms. The predicted octanol–water partition coefficient (Wildman–Crippen LogP) is 2.85. The Balaban J connectivity index is 2.53. The Morgan fingerprint density at radius 1 is 1.14 bits per heavy atom. The lowest BCUT2D eigenvalue weighted by Crippen LogP contribution is -2.40. The Labute approximate surface area is 84.0 Å². The second-order valence-electron chi connectivity index (χ2n) is 2.96. The summed E-state index contributed by atoms with van der Waals surface area (Å²) >= 11 is 5.43. The molecule has 0 aliphatic heterocycles. The van der Waals surface area contributed by atoms with Gasteiger partial charge < -0.3 is 0 Å². The first-order valence-corrected chi connectivity index (χ1v) is 4.31. The molecule has 0 saturated heterocycles. The van der Waals surface area contributed by atoms with Crippen molar-refractivity contribution in [3.05, 3.63) is 40.9 Å². The third kappa shape index (κ3) is 1.09. The Kier molecular flexibility index (Phi) is 1.93. The highest BCUT2D eigenvalue weighted by molar-refractivity contribution is 6.52. The van der Waals surface area contributed by atoms with Crippen LogP contribution in [0.25, 0.3) is 5.57 Å². The van der Waals surface area contributed by atoms with Crippen molar-refractivity contribution in [3.63, 3.8) is 0 Å². The summed E-state index contributed by atoms with van der Waals surface area (Å²) in [6.07, 6.45) is 0. The number of hydrogen-bond acceptors (Lipinski definition) is 1. The molecule has 0 spiro atoms. The number of Topliss-reactive ketones (excluding diaryl/α,β-unsaturated/α-hetero) is 1. The average molecular weight is 215 g/mol. The molecule has 0 bridgehead atoms. The highest BCUT2D eigenvalue weighted by Crippen LogP contribution is 2.47. The number of halogens is 3. The van der Waals surface area contributed by atoms with Gasteiger partial charge in [0.25, 0.3) is 0 Å². The molecule has 1 aromatic rings. The number of carbonyl (C=O) groups excluding carboxylic acids is 1. The van der Waals surface area contributed by atoms with E-state index in [4.69, 9.17) is 11.6 Å². The second kappa shape index (κ2) is 2.89. The van der Waals surface area contributed by atoms with Crippen molar-refractivity contribution in [1.29, 1.82) is 0 Å². The molecule has 2 rings (SSSR count). The van der Waals surface area contributed by atoms with Crippen LogP contribution >= 0.6 is 11.6 Å². The fourth-order valence-electron chi connectivity index (χ4n) is 1.35. The van der Waals surface area contributed by atoms with Gasteiger partial charge in [-0.1, -0.05) is 41.9 Å². The summed E-state index contributed by atoms with van der Waals surface area (Å²) in [5.74, 6) is -4.71. The van der Waals surface area contributed by atoms with E-state index < -0.39 is 11.7 Å². The molecule has 0 saturated carbocycles. The van der Waals surface area contributed by atoms with Crippen LogP contribution in [0.5, 0.6) is 0 Å². The Morgan fingerprint density at radius 2 is 1.71 bits per heavy atom. The first-order valence-electron chi connectivity index (χ1n) is 3.93. The molecule has 1 aromatic carbocycles. The summed E-state index contributed by atoms with van der Waals surface area (Å²) in [6.45, 7) is 0. The van der Waals surface area contributed by atoms with Crippen molar-refractivity contribution in [1.82, 2.24) is 0 Å². The minimum Gasteiger partial charge on any atom is -0.286 e. The zero-order chi connectivity index (χ0) is 10.3. The van der Waals surface area contributed by atoms with Crippen molar-refractivity contribution in [2.24, 2.45) is 0 Å². The number of ketones is 1. The maximum absolute atomic E-state index is 13.0. The van der Waals surface area contributed by atoms with Crippen LogP contribution in [0.3, 0.4) is 0 Å². The molecule has 0 amide bonds. The van der Waals surface area contributed by atoms with E-state index in [2.05, 4.69) is 0 Å². The van der Waals surface area contributed by atoms with Gasteiger partial charge in [-0.25, -0.2) is 0 Å². The molecule has 14 heavy (non-hydrogen) atoms. The predicted molar refractivity (Wildman–Crippen MR) is 49.2 cm³/mol. The maximum atomic E-state index is 13.0. The van der Waals surface area contributed by atoms with E-state index in [1.165, 1.54) is 12.1 Å². The monoisotopic (exact) mass is 214 g/mol. The van der Waals surface area contributed by atoms with Gasteiger partial charge in [0.2, 0.25) is 5.78 Å². The molecule has 1 aliphatic carbocycles. The Hall–Kier alpha value is -1.22. The number of allylic oxidation sites excluding steroid dienone is 2. The van der Waals surface area contributed by atoms with Crippen LogP contribution in [0, 0.1) is 0 Å². The van der Waals surface area contributed by atoms with Gasteiger partial charge in [0.05, 0.1) is 5.57 Å².